The monoisotopic (exact) mass is 487 g/mol. The number of Topliss-reactive ketones (excluding diaryl/α,β-unsaturated/α-hetero) is 1. The quantitative estimate of drug-likeness (QED) is 0.488. The molecule has 1 unspecified atom stereocenters. The SMILES string of the molecule is COc1ccc(Cn2cnc3c2C[C@@H](C(=O)O)N[C@@H]3C(=O)C(c2ccccc2)C2CCCC2)cc1C. The maximum absolute atomic E-state index is 14.2. The van der Waals surface area contributed by atoms with Crippen LogP contribution in [0, 0.1) is 12.8 Å². The van der Waals surface area contributed by atoms with Gasteiger partial charge in [-0.1, -0.05) is 55.3 Å². The summed E-state index contributed by atoms with van der Waals surface area (Å²) in [5.41, 5.74) is 4.57. The van der Waals surface area contributed by atoms with Crippen molar-refractivity contribution in [2.45, 2.75) is 63.6 Å². The van der Waals surface area contributed by atoms with E-state index in [1.54, 1.807) is 13.4 Å². The van der Waals surface area contributed by atoms with E-state index >= 15 is 0 Å². The second kappa shape index (κ2) is 10.3. The molecular formula is C29H33N3O4. The van der Waals surface area contributed by atoms with Crippen LogP contribution in [0.3, 0.4) is 0 Å². The first-order valence-electron chi connectivity index (χ1n) is 12.7. The molecule has 1 saturated carbocycles. The molecule has 0 spiro atoms. The Hall–Kier alpha value is -3.45. The number of ether oxygens (including phenoxy) is 1. The molecule has 3 aromatic rings. The standard InChI is InChI=1S/C29H33N3O4/c1-18-14-19(12-13-24(18)36-2)16-32-17-30-26-23(32)15-22(29(34)35)31-27(26)28(33)25(21-10-6-7-11-21)20-8-4-3-5-9-20/h3-5,8-9,12-14,17,21-22,25,27,31H,6-7,10-11,15-16H2,1-2H3,(H,34,35)/t22-,25?,27-/m0/s1. The Kier molecular flexibility index (Phi) is 6.92. The number of nitrogens with zero attached hydrogens (tertiary/aromatic N) is 2. The number of imidazole rings is 1. The van der Waals surface area contributed by atoms with E-state index in [0.29, 0.717) is 12.2 Å². The van der Waals surface area contributed by atoms with Crippen molar-refractivity contribution in [3.63, 3.8) is 0 Å². The molecule has 0 amide bonds. The summed E-state index contributed by atoms with van der Waals surface area (Å²) in [5, 5.41) is 13.1. The molecule has 2 heterocycles. The van der Waals surface area contributed by atoms with Gasteiger partial charge in [-0.15, -0.1) is 0 Å². The lowest BCUT2D eigenvalue weighted by molar-refractivity contribution is -0.140. The Balaban J connectivity index is 1.50. The Bertz CT molecular complexity index is 1250. The minimum absolute atomic E-state index is 0.0193. The molecule has 0 saturated heterocycles. The van der Waals surface area contributed by atoms with Gasteiger partial charge in [-0.25, -0.2) is 4.98 Å². The van der Waals surface area contributed by atoms with E-state index in [4.69, 9.17) is 4.74 Å². The summed E-state index contributed by atoms with van der Waals surface area (Å²) < 4.78 is 7.36. The van der Waals surface area contributed by atoms with Crippen LogP contribution in [-0.2, 0) is 22.6 Å². The number of methoxy groups -OCH3 is 1. The van der Waals surface area contributed by atoms with Gasteiger partial charge in [0.05, 0.1) is 19.1 Å². The van der Waals surface area contributed by atoms with Crippen molar-refractivity contribution in [1.82, 2.24) is 14.9 Å². The molecule has 7 nitrogen and oxygen atoms in total. The van der Waals surface area contributed by atoms with Gasteiger partial charge in [0.2, 0.25) is 0 Å². The van der Waals surface area contributed by atoms with Crippen LogP contribution in [0.15, 0.2) is 54.9 Å². The molecule has 3 atom stereocenters. The lowest BCUT2D eigenvalue weighted by atomic mass is 9.78. The zero-order valence-electron chi connectivity index (χ0n) is 20.8. The predicted octanol–water partition coefficient (Wildman–Crippen LogP) is 4.43. The van der Waals surface area contributed by atoms with Gasteiger partial charge >= 0.3 is 5.97 Å². The van der Waals surface area contributed by atoms with E-state index in [-0.39, 0.29) is 24.0 Å². The van der Waals surface area contributed by atoms with Gasteiger partial charge in [0, 0.05) is 24.6 Å². The summed E-state index contributed by atoms with van der Waals surface area (Å²) in [4.78, 5) is 31.0. The van der Waals surface area contributed by atoms with Crippen molar-refractivity contribution in [3.05, 3.63) is 82.9 Å². The fourth-order valence-corrected chi connectivity index (χ4v) is 5.97. The maximum atomic E-state index is 14.2. The number of rotatable bonds is 8. The summed E-state index contributed by atoms with van der Waals surface area (Å²) in [6, 6.07) is 14.3. The van der Waals surface area contributed by atoms with Crippen LogP contribution >= 0.6 is 0 Å². The molecule has 36 heavy (non-hydrogen) atoms. The molecule has 2 aliphatic rings. The lowest BCUT2D eigenvalue weighted by Crippen LogP contribution is -2.49. The van der Waals surface area contributed by atoms with Crippen molar-refractivity contribution < 1.29 is 19.4 Å². The maximum Gasteiger partial charge on any atom is 0.321 e. The average Bonchev–Trinajstić information content (AvgIpc) is 3.55. The van der Waals surface area contributed by atoms with Crippen LogP contribution in [0.1, 0.15) is 65.7 Å². The number of nitrogens with one attached hydrogen (secondary N) is 1. The number of aryl methyl sites for hydroxylation is 1. The Morgan fingerprint density at radius 3 is 2.58 bits per heavy atom. The lowest BCUT2D eigenvalue weighted by Gasteiger charge is -2.32. The number of aromatic nitrogens is 2. The van der Waals surface area contributed by atoms with Crippen molar-refractivity contribution in [1.29, 1.82) is 0 Å². The van der Waals surface area contributed by atoms with Gasteiger partial charge in [0.15, 0.2) is 5.78 Å². The zero-order valence-corrected chi connectivity index (χ0v) is 20.8. The molecule has 2 N–H and O–H groups in total. The predicted molar refractivity (Wildman–Crippen MR) is 136 cm³/mol. The van der Waals surface area contributed by atoms with Crippen LogP contribution in [-0.4, -0.2) is 39.6 Å². The fraction of sp³-hybridized carbons (Fsp3) is 0.414. The number of hydrogen-bond donors (Lipinski definition) is 2. The summed E-state index contributed by atoms with van der Waals surface area (Å²) in [6.45, 7) is 2.54. The molecule has 1 aliphatic carbocycles. The van der Waals surface area contributed by atoms with Gasteiger partial charge in [0.1, 0.15) is 17.8 Å². The normalized spacial score (nSPS) is 20.6. The van der Waals surface area contributed by atoms with Crippen molar-refractivity contribution >= 4 is 11.8 Å². The number of carbonyl (C=O) groups excluding carboxylic acids is 1. The van der Waals surface area contributed by atoms with E-state index in [0.717, 1.165) is 53.8 Å². The first-order chi connectivity index (χ1) is 17.5. The number of hydrogen-bond acceptors (Lipinski definition) is 5. The van der Waals surface area contributed by atoms with Gasteiger partial charge in [-0.3, -0.25) is 14.9 Å². The van der Waals surface area contributed by atoms with Gasteiger partial charge in [-0.2, -0.15) is 0 Å². The largest absolute Gasteiger partial charge is 0.496 e. The van der Waals surface area contributed by atoms with Crippen molar-refractivity contribution in [3.8, 4) is 5.75 Å². The van der Waals surface area contributed by atoms with Crippen LogP contribution in [0.2, 0.25) is 0 Å². The van der Waals surface area contributed by atoms with Crippen molar-refractivity contribution in [2.24, 2.45) is 5.92 Å². The molecular weight excluding hydrogens is 454 g/mol. The number of carbonyl (C=O) groups is 2. The first kappa shape index (κ1) is 24.3. The topological polar surface area (TPSA) is 93.5 Å². The van der Waals surface area contributed by atoms with Gasteiger partial charge in [0.25, 0.3) is 0 Å². The highest BCUT2D eigenvalue weighted by molar-refractivity contribution is 5.92. The molecule has 5 rings (SSSR count). The van der Waals surface area contributed by atoms with E-state index in [9.17, 15) is 14.7 Å². The molecule has 1 fully saturated rings. The summed E-state index contributed by atoms with van der Waals surface area (Å²) in [6.07, 6.45) is 6.29. The number of fused-ring (bicyclic) bond motifs is 1. The highest BCUT2D eigenvalue weighted by atomic mass is 16.5. The number of carboxylic acid groups (broad SMARTS) is 1. The third-order valence-corrected chi connectivity index (χ3v) is 7.75. The van der Waals surface area contributed by atoms with E-state index in [1.165, 1.54) is 0 Å². The Morgan fingerprint density at radius 1 is 1.17 bits per heavy atom. The highest BCUT2D eigenvalue weighted by Crippen LogP contribution is 2.41. The summed E-state index contributed by atoms with van der Waals surface area (Å²) >= 11 is 0. The number of benzene rings is 2. The molecule has 1 aliphatic heterocycles. The first-order valence-corrected chi connectivity index (χ1v) is 12.7. The molecule has 0 radical (unpaired) electrons. The second-order valence-corrected chi connectivity index (χ2v) is 10.0. The Labute approximate surface area is 211 Å². The molecule has 7 heteroatoms. The molecule has 0 bridgehead atoms. The summed E-state index contributed by atoms with van der Waals surface area (Å²) in [5.74, 6) is -0.124. The number of ketones is 1. The average molecular weight is 488 g/mol. The minimum atomic E-state index is -0.955. The van der Waals surface area contributed by atoms with Crippen LogP contribution in [0.4, 0.5) is 0 Å². The van der Waals surface area contributed by atoms with E-state index < -0.39 is 18.1 Å². The molecule has 1 aromatic heterocycles. The van der Waals surface area contributed by atoms with Gasteiger partial charge < -0.3 is 14.4 Å². The van der Waals surface area contributed by atoms with Crippen LogP contribution < -0.4 is 10.1 Å². The number of aliphatic carboxylic acids is 1. The van der Waals surface area contributed by atoms with Gasteiger partial charge in [-0.05, 0) is 48.4 Å². The third-order valence-electron chi connectivity index (χ3n) is 7.75. The zero-order chi connectivity index (χ0) is 25.2. The number of carboxylic acids is 1. The molecule has 188 valence electrons. The molecule has 2 aromatic carbocycles. The van der Waals surface area contributed by atoms with Crippen LogP contribution in [0.5, 0.6) is 5.75 Å². The van der Waals surface area contributed by atoms with Crippen molar-refractivity contribution in [2.75, 3.05) is 7.11 Å². The third kappa shape index (κ3) is 4.67. The van der Waals surface area contributed by atoms with E-state index in [2.05, 4.69) is 16.4 Å². The Morgan fingerprint density at radius 2 is 1.92 bits per heavy atom. The van der Waals surface area contributed by atoms with Crippen LogP contribution in [0.25, 0.3) is 0 Å². The minimum Gasteiger partial charge on any atom is -0.496 e. The fourth-order valence-electron chi connectivity index (χ4n) is 5.97. The second-order valence-electron chi connectivity index (χ2n) is 10.0. The summed E-state index contributed by atoms with van der Waals surface area (Å²) in [7, 11) is 1.65. The smallest absolute Gasteiger partial charge is 0.321 e. The highest BCUT2D eigenvalue weighted by Gasteiger charge is 2.42. The van der Waals surface area contributed by atoms with E-state index in [1.807, 2.05) is 54.0 Å².